The van der Waals surface area contributed by atoms with Crippen LogP contribution in [0.15, 0.2) is 24.2 Å². The molecule has 0 fully saturated rings. The van der Waals surface area contributed by atoms with Crippen molar-refractivity contribution in [1.29, 1.82) is 0 Å². The van der Waals surface area contributed by atoms with E-state index in [0.29, 0.717) is 0 Å². The summed E-state index contributed by atoms with van der Waals surface area (Å²) in [6.07, 6.45) is 6.27. The lowest BCUT2D eigenvalue weighted by Crippen LogP contribution is -2.07. The molecule has 13 heavy (non-hydrogen) atoms. The molecule has 4 nitrogen and oxygen atoms in total. The summed E-state index contributed by atoms with van der Waals surface area (Å²) in [5.41, 5.74) is 1.71. The van der Waals surface area contributed by atoms with E-state index >= 15 is 0 Å². The summed E-state index contributed by atoms with van der Waals surface area (Å²) in [6.45, 7) is 0.752. The summed E-state index contributed by atoms with van der Waals surface area (Å²) in [6, 6.07) is 0. The maximum atomic E-state index is 9.83. The third kappa shape index (κ3) is 1.72. The van der Waals surface area contributed by atoms with Gasteiger partial charge in [-0.1, -0.05) is 0 Å². The highest BCUT2D eigenvalue weighted by Crippen LogP contribution is 2.26. The van der Waals surface area contributed by atoms with Gasteiger partial charge >= 0.3 is 0 Å². The fourth-order valence-corrected chi connectivity index (χ4v) is 1.41. The maximum Gasteiger partial charge on any atom is 0.106 e. The van der Waals surface area contributed by atoms with Crippen LogP contribution in [-0.2, 0) is 4.74 Å². The zero-order chi connectivity index (χ0) is 9.10. The highest BCUT2D eigenvalue weighted by atomic mass is 16.5. The van der Waals surface area contributed by atoms with Crippen LogP contribution in [0.25, 0.3) is 0 Å². The van der Waals surface area contributed by atoms with Crippen molar-refractivity contribution in [1.82, 2.24) is 10.2 Å². The molecule has 1 aliphatic rings. The Morgan fingerprint density at radius 2 is 2.54 bits per heavy atom. The van der Waals surface area contributed by atoms with E-state index < -0.39 is 6.10 Å². The largest absolute Gasteiger partial charge is 0.501 e. The van der Waals surface area contributed by atoms with Gasteiger partial charge in [0, 0.05) is 11.8 Å². The Bertz CT molecular complexity index is 293. The van der Waals surface area contributed by atoms with E-state index in [1.54, 1.807) is 18.7 Å². The van der Waals surface area contributed by atoms with Crippen molar-refractivity contribution in [2.45, 2.75) is 18.9 Å². The van der Waals surface area contributed by atoms with Crippen molar-refractivity contribution in [2.75, 3.05) is 6.61 Å². The van der Waals surface area contributed by atoms with E-state index in [1.165, 1.54) is 0 Å². The third-order valence-electron chi connectivity index (χ3n) is 2.15. The number of hydrogen-bond acceptors (Lipinski definition) is 3. The lowest BCUT2D eigenvalue weighted by Gasteiger charge is -2.17. The Balaban J connectivity index is 2.12. The van der Waals surface area contributed by atoms with Crippen LogP contribution >= 0.6 is 0 Å². The lowest BCUT2D eigenvalue weighted by molar-refractivity contribution is 0.170. The van der Waals surface area contributed by atoms with Crippen LogP contribution in [0.3, 0.4) is 0 Å². The summed E-state index contributed by atoms with van der Waals surface area (Å²) in [7, 11) is 0. The molecule has 1 aliphatic heterocycles. The minimum Gasteiger partial charge on any atom is -0.501 e. The molecule has 4 heteroatoms. The van der Waals surface area contributed by atoms with Gasteiger partial charge in [0.25, 0.3) is 0 Å². The van der Waals surface area contributed by atoms with Crippen LogP contribution in [0, 0.1) is 0 Å². The summed E-state index contributed by atoms with van der Waals surface area (Å²) in [4.78, 5) is 0. The molecule has 0 amide bonds. The summed E-state index contributed by atoms with van der Waals surface area (Å²) >= 11 is 0. The van der Waals surface area contributed by atoms with Crippen LogP contribution in [0.5, 0.6) is 0 Å². The first-order valence-electron chi connectivity index (χ1n) is 4.35. The highest BCUT2D eigenvalue weighted by molar-refractivity contribution is 5.20. The second kappa shape index (κ2) is 3.62. The molecule has 2 N–H and O–H groups in total. The minimum atomic E-state index is -0.570. The molecule has 2 rings (SSSR count). The SMILES string of the molecule is OC(C1=COCCC1)c1cn[nH]c1. The first-order valence-corrected chi connectivity index (χ1v) is 4.35. The number of rotatable bonds is 2. The van der Waals surface area contributed by atoms with Gasteiger partial charge in [0.15, 0.2) is 0 Å². The molecular weight excluding hydrogens is 168 g/mol. The van der Waals surface area contributed by atoms with E-state index in [1.807, 2.05) is 0 Å². The van der Waals surface area contributed by atoms with Crippen molar-refractivity contribution >= 4 is 0 Å². The average molecular weight is 180 g/mol. The summed E-state index contributed by atoms with van der Waals surface area (Å²) in [5.74, 6) is 0. The first-order chi connectivity index (χ1) is 6.38. The van der Waals surface area contributed by atoms with E-state index in [-0.39, 0.29) is 0 Å². The molecule has 0 bridgehead atoms. The molecule has 1 unspecified atom stereocenters. The zero-order valence-electron chi connectivity index (χ0n) is 7.23. The Hall–Kier alpha value is -1.29. The van der Waals surface area contributed by atoms with Crippen LogP contribution in [0.2, 0.25) is 0 Å². The monoisotopic (exact) mass is 180 g/mol. The van der Waals surface area contributed by atoms with Crippen molar-refractivity contribution in [3.05, 3.63) is 29.8 Å². The molecule has 1 aromatic heterocycles. The van der Waals surface area contributed by atoms with Gasteiger partial charge in [0.2, 0.25) is 0 Å². The van der Waals surface area contributed by atoms with Gasteiger partial charge in [-0.05, 0) is 18.4 Å². The first kappa shape index (κ1) is 8.31. The van der Waals surface area contributed by atoms with E-state index in [2.05, 4.69) is 10.2 Å². The number of aromatic amines is 1. The minimum absolute atomic E-state index is 0.570. The van der Waals surface area contributed by atoms with E-state index in [0.717, 1.165) is 30.6 Å². The Kier molecular flexibility index (Phi) is 2.31. The highest BCUT2D eigenvalue weighted by Gasteiger charge is 2.16. The van der Waals surface area contributed by atoms with Gasteiger partial charge < -0.3 is 9.84 Å². The van der Waals surface area contributed by atoms with Crippen LogP contribution < -0.4 is 0 Å². The fourth-order valence-electron chi connectivity index (χ4n) is 1.41. The number of aliphatic hydroxyl groups excluding tert-OH is 1. The zero-order valence-corrected chi connectivity index (χ0v) is 7.23. The maximum absolute atomic E-state index is 9.83. The molecule has 2 heterocycles. The fraction of sp³-hybridized carbons (Fsp3) is 0.444. The molecule has 0 saturated carbocycles. The van der Waals surface area contributed by atoms with Crippen molar-refractivity contribution in [3.8, 4) is 0 Å². The third-order valence-corrected chi connectivity index (χ3v) is 2.15. The molecule has 1 aromatic rings. The number of nitrogens with zero attached hydrogens (tertiary/aromatic N) is 1. The topological polar surface area (TPSA) is 58.1 Å². The number of nitrogens with one attached hydrogen (secondary N) is 1. The molecule has 1 atom stereocenters. The van der Waals surface area contributed by atoms with Gasteiger partial charge in [-0.15, -0.1) is 0 Å². The van der Waals surface area contributed by atoms with Crippen molar-refractivity contribution in [2.24, 2.45) is 0 Å². The van der Waals surface area contributed by atoms with Crippen LogP contribution in [-0.4, -0.2) is 21.9 Å². The van der Waals surface area contributed by atoms with Crippen molar-refractivity contribution in [3.63, 3.8) is 0 Å². The van der Waals surface area contributed by atoms with E-state index in [9.17, 15) is 5.11 Å². The van der Waals surface area contributed by atoms with E-state index in [4.69, 9.17) is 4.74 Å². The number of aromatic nitrogens is 2. The smallest absolute Gasteiger partial charge is 0.106 e. The molecular formula is C9H12N2O2. The Morgan fingerprint density at radius 3 is 3.15 bits per heavy atom. The van der Waals surface area contributed by atoms with Gasteiger partial charge in [-0.25, -0.2) is 0 Å². The Labute approximate surface area is 76.2 Å². The molecule has 0 aromatic carbocycles. The standard InChI is InChI=1S/C9H12N2O2/c12-9(8-4-10-11-5-8)7-2-1-3-13-6-7/h4-6,9,12H,1-3H2,(H,10,11). The molecule has 0 radical (unpaired) electrons. The van der Waals surface area contributed by atoms with Gasteiger partial charge in [-0.3, -0.25) is 5.10 Å². The predicted molar refractivity (Wildman–Crippen MR) is 46.8 cm³/mol. The van der Waals surface area contributed by atoms with Crippen LogP contribution in [0.4, 0.5) is 0 Å². The van der Waals surface area contributed by atoms with Gasteiger partial charge in [-0.2, -0.15) is 5.10 Å². The second-order valence-electron chi connectivity index (χ2n) is 3.10. The quantitative estimate of drug-likeness (QED) is 0.717. The molecule has 0 aliphatic carbocycles. The van der Waals surface area contributed by atoms with Crippen molar-refractivity contribution < 1.29 is 9.84 Å². The number of H-pyrrole nitrogens is 1. The molecule has 0 spiro atoms. The normalized spacial score (nSPS) is 19.0. The number of aliphatic hydroxyl groups is 1. The average Bonchev–Trinajstić information content (AvgIpc) is 2.71. The lowest BCUT2D eigenvalue weighted by atomic mass is 10.0. The van der Waals surface area contributed by atoms with Gasteiger partial charge in [0.1, 0.15) is 6.10 Å². The predicted octanol–water partition coefficient (Wildman–Crippen LogP) is 1.14. The number of ether oxygens (including phenoxy) is 1. The molecule has 70 valence electrons. The second-order valence-corrected chi connectivity index (χ2v) is 3.10. The number of hydrogen-bond donors (Lipinski definition) is 2. The molecule has 0 saturated heterocycles. The Morgan fingerprint density at radius 1 is 1.62 bits per heavy atom. The van der Waals surface area contributed by atoms with Gasteiger partial charge in [0.05, 0.1) is 19.1 Å². The summed E-state index contributed by atoms with van der Waals surface area (Å²) < 4.78 is 5.15. The van der Waals surface area contributed by atoms with Crippen LogP contribution in [0.1, 0.15) is 24.5 Å². The summed E-state index contributed by atoms with van der Waals surface area (Å²) in [5, 5.41) is 16.3.